The first kappa shape index (κ1) is 21.0. The lowest BCUT2D eigenvalue weighted by molar-refractivity contribution is -0.139. The monoisotopic (exact) mass is 414 g/mol. The van der Waals surface area contributed by atoms with Gasteiger partial charge in [0.25, 0.3) is 0 Å². The number of furan rings is 1. The molecule has 158 valence electrons. The molecule has 0 spiro atoms. The Kier molecular flexibility index (Phi) is 6.10. The Bertz CT molecular complexity index is 1020. The Morgan fingerprint density at radius 3 is 2.53 bits per heavy atom. The first-order valence-corrected chi connectivity index (χ1v) is 9.31. The van der Waals surface area contributed by atoms with Crippen molar-refractivity contribution in [2.45, 2.75) is 26.8 Å². The van der Waals surface area contributed by atoms with Gasteiger partial charge in [0, 0.05) is 0 Å². The molecule has 3 N–H and O–H groups in total. The topological polar surface area (TPSA) is 127 Å². The number of carbonyl (C=O) groups is 3. The van der Waals surface area contributed by atoms with Crippen molar-refractivity contribution in [3.05, 3.63) is 64.2 Å². The number of nitrogens with one attached hydrogen (secondary N) is 2. The number of carbonyl (C=O) groups excluding carboxylic acids is 3. The zero-order chi connectivity index (χ0) is 21.8. The van der Waals surface area contributed by atoms with Crippen molar-refractivity contribution < 1.29 is 33.4 Å². The summed E-state index contributed by atoms with van der Waals surface area (Å²) >= 11 is 0. The fourth-order valence-electron chi connectivity index (χ4n) is 2.96. The van der Waals surface area contributed by atoms with Crippen LogP contribution in [-0.4, -0.2) is 36.3 Å². The number of phenolic OH excluding ortho intramolecular Hbond substituents is 1. The van der Waals surface area contributed by atoms with Crippen molar-refractivity contribution in [1.29, 1.82) is 0 Å². The Hall–Kier alpha value is -3.75. The SMILES string of the molecule is CCOC(=O)C1=C(COC(=O)c2ccc(C)c(O)c2)NC(=O)NC1c1ccc(C)o1. The summed E-state index contributed by atoms with van der Waals surface area (Å²) in [5, 5.41) is 14.9. The van der Waals surface area contributed by atoms with E-state index >= 15 is 0 Å². The lowest BCUT2D eigenvalue weighted by Gasteiger charge is -2.27. The highest BCUT2D eigenvalue weighted by Crippen LogP contribution is 2.29. The average Bonchev–Trinajstić information content (AvgIpc) is 3.14. The van der Waals surface area contributed by atoms with Gasteiger partial charge in [-0.2, -0.15) is 0 Å². The van der Waals surface area contributed by atoms with Gasteiger partial charge in [0.2, 0.25) is 0 Å². The van der Waals surface area contributed by atoms with Crippen molar-refractivity contribution in [2.75, 3.05) is 13.2 Å². The number of amides is 2. The number of aryl methyl sites for hydroxylation is 2. The summed E-state index contributed by atoms with van der Waals surface area (Å²) in [6.45, 7) is 4.83. The fourth-order valence-corrected chi connectivity index (χ4v) is 2.96. The van der Waals surface area contributed by atoms with E-state index in [-0.39, 0.29) is 35.8 Å². The maximum absolute atomic E-state index is 12.6. The van der Waals surface area contributed by atoms with Crippen molar-refractivity contribution in [3.8, 4) is 5.75 Å². The number of rotatable bonds is 6. The predicted molar refractivity (Wildman–Crippen MR) is 105 cm³/mol. The van der Waals surface area contributed by atoms with Crippen LogP contribution >= 0.6 is 0 Å². The second-order valence-electron chi connectivity index (χ2n) is 6.67. The molecular formula is C21H22N2O7. The molecule has 2 aromatic rings. The van der Waals surface area contributed by atoms with Crippen molar-refractivity contribution >= 4 is 18.0 Å². The molecule has 1 unspecified atom stereocenters. The van der Waals surface area contributed by atoms with E-state index in [4.69, 9.17) is 13.9 Å². The van der Waals surface area contributed by atoms with Gasteiger partial charge in [0.1, 0.15) is 29.9 Å². The van der Waals surface area contributed by atoms with E-state index in [0.717, 1.165) is 0 Å². The number of hydrogen-bond acceptors (Lipinski definition) is 7. The average molecular weight is 414 g/mol. The van der Waals surface area contributed by atoms with Gasteiger partial charge in [-0.3, -0.25) is 0 Å². The summed E-state index contributed by atoms with van der Waals surface area (Å²) in [5.74, 6) is -0.493. The van der Waals surface area contributed by atoms with E-state index in [1.54, 1.807) is 39.0 Å². The van der Waals surface area contributed by atoms with Crippen LogP contribution in [0.2, 0.25) is 0 Å². The summed E-state index contributed by atoms with van der Waals surface area (Å²) in [6, 6.07) is 6.24. The molecule has 2 heterocycles. The predicted octanol–water partition coefficient (Wildman–Crippen LogP) is 2.63. The molecule has 0 saturated heterocycles. The van der Waals surface area contributed by atoms with Crippen molar-refractivity contribution in [2.24, 2.45) is 0 Å². The molecule has 1 aliphatic rings. The molecule has 0 fully saturated rings. The number of phenols is 1. The maximum atomic E-state index is 12.6. The first-order valence-electron chi connectivity index (χ1n) is 9.31. The summed E-state index contributed by atoms with van der Waals surface area (Å²) in [7, 11) is 0. The fraction of sp³-hybridized carbons (Fsp3) is 0.286. The van der Waals surface area contributed by atoms with Gasteiger partial charge in [-0.1, -0.05) is 6.07 Å². The van der Waals surface area contributed by atoms with Crippen LogP contribution in [0.5, 0.6) is 5.75 Å². The minimum absolute atomic E-state index is 0.0423. The van der Waals surface area contributed by atoms with E-state index in [2.05, 4.69) is 10.6 Å². The van der Waals surface area contributed by atoms with Crippen LogP contribution < -0.4 is 10.6 Å². The molecule has 0 aliphatic carbocycles. The number of benzene rings is 1. The smallest absolute Gasteiger partial charge is 0.338 e. The third kappa shape index (κ3) is 4.45. The van der Waals surface area contributed by atoms with Crippen molar-refractivity contribution in [1.82, 2.24) is 10.6 Å². The van der Waals surface area contributed by atoms with Crippen LogP contribution in [0.15, 0.2) is 46.0 Å². The van der Waals surface area contributed by atoms with Gasteiger partial charge < -0.3 is 29.6 Å². The second-order valence-corrected chi connectivity index (χ2v) is 6.67. The van der Waals surface area contributed by atoms with E-state index in [1.165, 1.54) is 12.1 Å². The number of esters is 2. The van der Waals surface area contributed by atoms with Crippen LogP contribution in [0.3, 0.4) is 0 Å². The molecule has 3 rings (SSSR count). The Morgan fingerprint density at radius 1 is 1.13 bits per heavy atom. The molecule has 9 nitrogen and oxygen atoms in total. The number of hydrogen-bond donors (Lipinski definition) is 3. The van der Waals surface area contributed by atoms with E-state index in [0.29, 0.717) is 17.1 Å². The minimum Gasteiger partial charge on any atom is -0.508 e. The van der Waals surface area contributed by atoms with Crippen LogP contribution in [-0.2, 0) is 14.3 Å². The highest BCUT2D eigenvalue weighted by molar-refractivity contribution is 5.95. The molecule has 30 heavy (non-hydrogen) atoms. The molecule has 1 aromatic heterocycles. The first-order chi connectivity index (χ1) is 14.3. The quantitative estimate of drug-likeness (QED) is 0.620. The molecule has 1 aliphatic heterocycles. The molecule has 2 amide bonds. The highest BCUT2D eigenvalue weighted by Gasteiger charge is 2.36. The standard InChI is InChI=1S/C21H22N2O7/c1-4-28-20(26)17-14(10-29-19(25)13-7-5-11(2)15(24)9-13)22-21(27)23-18(17)16-8-6-12(3)30-16/h5-9,18,24H,4,10H2,1-3H3,(H2,22,23,27). The Morgan fingerprint density at radius 2 is 1.90 bits per heavy atom. The lowest BCUT2D eigenvalue weighted by atomic mass is 10.0. The molecule has 0 saturated carbocycles. The summed E-state index contributed by atoms with van der Waals surface area (Å²) in [4.78, 5) is 37.1. The zero-order valence-electron chi connectivity index (χ0n) is 16.8. The summed E-state index contributed by atoms with van der Waals surface area (Å²) in [5.41, 5.74) is 0.905. The van der Waals surface area contributed by atoms with Gasteiger partial charge in [-0.05, 0) is 50.6 Å². The minimum atomic E-state index is -0.899. The third-order valence-corrected chi connectivity index (χ3v) is 4.49. The van der Waals surface area contributed by atoms with Crippen LogP contribution in [0, 0.1) is 13.8 Å². The molecule has 1 atom stereocenters. The van der Waals surface area contributed by atoms with E-state index < -0.39 is 24.0 Å². The lowest BCUT2D eigenvalue weighted by Crippen LogP contribution is -2.47. The molecular weight excluding hydrogens is 392 g/mol. The largest absolute Gasteiger partial charge is 0.508 e. The molecule has 0 bridgehead atoms. The molecule has 9 heteroatoms. The normalized spacial score (nSPS) is 16.0. The Labute approximate surface area is 172 Å². The summed E-state index contributed by atoms with van der Waals surface area (Å²) in [6.07, 6.45) is 0. The number of urea groups is 1. The third-order valence-electron chi connectivity index (χ3n) is 4.49. The van der Waals surface area contributed by atoms with Gasteiger partial charge in [-0.15, -0.1) is 0 Å². The number of aromatic hydroxyl groups is 1. The van der Waals surface area contributed by atoms with Crippen molar-refractivity contribution in [3.63, 3.8) is 0 Å². The van der Waals surface area contributed by atoms with Crippen LogP contribution in [0.4, 0.5) is 4.79 Å². The van der Waals surface area contributed by atoms with E-state index in [1.807, 2.05) is 0 Å². The summed E-state index contributed by atoms with van der Waals surface area (Å²) < 4.78 is 16.0. The molecule has 0 radical (unpaired) electrons. The van der Waals surface area contributed by atoms with Crippen LogP contribution in [0.25, 0.3) is 0 Å². The van der Waals surface area contributed by atoms with Crippen LogP contribution in [0.1, 0.15) is 40.4 Å². The maximum Gasteiger partial charge on any atom is 0.338 e. The van der Waals surface area contributed by atoms with Gasteiger partial charge in [-0.25, -0.2) is 14.4 Å². The van der Waals surface area contributed by atoms with Gasteiger partial charge >= 0.3 is 18.0 Å². The molecule has 1 aromatic carbocycles. The number of ether oxygens (including phenoxy) is 2. The second kappa shape index (κ2) is 8.73. The van der Waals surface area contributed by atoms with E-state index in [9.17, 15) is 19.5 Å². The Balaban J connectivity index is 1.90. The zero-order valence-corrected chi connectivity index (χ0v) is 16.8. The van der Waals surface area contributed by atoms with Gasteiger partial charge in [0.15, 0.2) is 0 Å². The van der Waals surface area contributed by atoms with Gasteiger partial charge in [0.05, 0.1) is 23.4 Å². The highest BCUT2D eigenvalue weighted by atomic mass is 16.5.